The molecule has 4 rings (SSSR count). The number of aryl methyl sites for hydroxylation is 2. The minimum atomic E-state index is 0.210. The van der Waals surface area contributed by atoms with Crippen LogP contribution in [0.3, 0.4) is 0 Å². The van der Waals surface area contributed by atoms with Crippen LogP contribution >= 0.6 is 0 Å². The maximum Gasteiger partial charge on any atom is 0.149 e. The number of nitrogens with one attached hydrogen (secondary N) is 1. The first-order valence-corrected chi connectivity index (χ1v) is 7.95. The summed E-state index contributed by atoms with van der Waals surface area (Å²) >= 11 is 0. The molecule has 2 aliphatic rings. The molecule has 1 aliphatic heterocycles. The third kappa shape index (κ3) is 2.25. The van der Waals surface area contributed by atoms with Crippen LogP contribution in [-0.4, -0.2) is 19.7 Å². The average Bonchev–Trinajstić information content (AvgIpc) is 3.10. The molecule has 1 N–H and O–H groups in total. The van der Waals surface area contributed by atoms with Gasteiger partial charge in [0, 0.05) is 19.2 Å². The molecule has 0 fully saturated rings. The summed E-state index contributed by atoms with van der Waals surface area (Å²) in [4.78, 5) is 4.60. The molecule has 110 valence electrons. The third-order valence-electron chi connectivity index (χ3n) is 4.67. The highest BCUT2D eigenvalue weighted by molar-refractivity contribution is 5.25. The van der Waals surface area contributed by atoms with Crippen LogP contribution in [0.15, 0.2) is 18.3 Å². The molecule has 0 aromatic carbocycles. The number of hydrogen-bond donors (Lipinski definition) is 1. The van der Waals surface area contributed by atoms with Crippen molar-refractivity contribution in [2.24, 2.45) is 0 Å². The lowest BCUT2D eigenvalue weighted by Crippen LogP contribution is -2.30. The van der Waals surface area contributed by atoms with Gasteiger partial charge in [-0.25, -0.2) is 0 Å². The van der Waals surface area contributed by atoms with Gasteiger partial charge in [0.05, 0.1) is 17.8 Å². The number of fused-ring (bicyclic) bond motifs is 2. The first-order valence-electron chi connectivity index (χ1n) is 7.95. The highest BCUT2D eigenvalue weighted by Crippen LogP contribution is 2.30. The number of aromatic nitrogens is 4. The molecule has 0 radical (unpaired) electrons. The van der Waals surface area contributed by atoms with Crippen LogP contribution in [0, 0.1) is 0 Å². The third-order valence-corrected chi connectivity index (χ3v) is 4.67. The number of rotatable bonds is 3. The van der Waals surface area contributed by atoms with Gasteiger partial charge in [-0.05, 0) is 44.2 Å². The summed E-state index contributed by atoms with van der Waals surface area (Å²) in [6.07, 6.45) is 7.68. The minimum absolute atomic E-state index is 0.210. The van der Waals surface area contributed by atoms with Gasteiger partial charge in [-0.15, -0.1) is 10.2 Å². The summed E-state index contributed by atoms with van der Waals surface area (Å²) in [5.41, 5.74) is 2.61. The Morgan fingerprint density at radius 1 is 1.29 bits per heavy atom. The molecule has 1 aliphatic carbocycles. The van der Waals surface area contributed by atoms with Crippen molar-refractivity contribution >= 4 is 0 Å². The van der Waals surface area contributed by atoms with Crippen LogP contribution in [0.1, 0.15) is 61.2 Å². The predicted octanol–water partition coefficient (Wildman–Crippen LogP) is 2.35. The summed E-state index contributed by atoms with van der Waals surface area (Å²) in [6.45, 7) is 3.25. The Kier molecular flexibility index (Phi) is 3.22. The molecule has 5 nitrogen and oxygen atoms in total. The van der Waals surface area contributed by atoms with Crippen molar-refractivity contribution in [2.75, 3.05) is 0 Å². The smallest absolute Gasteiger partial charge is 0.149 e. The second-order valence-electron chi connectivity index (χ2n) is 6.11. The SMILES string of the molecule is CC(NC1CCCc2cccnc21)c1nnc2n1CCC2. The van der Waals surface area contributed by atoms with E-state index in [9.17, 15) is 0 Å². The fourth-order valence-electron chi connectivity index (χ4n) is 3.64. The van der Waals surface area contributed by atoms with Crippen molar-refractivity contribution in [1.82, 2.24) is 25.1 Å². The van der Waals surface area contributed by atoms with E-state index in [1.165, 1.54) is 24.1 Å². The van der Waals surface area contributed by atoms with Gasteiger partial charge in [0.25, 0.3) is 0 Å². The van der Waals surface area contributed by atoms with Gasteiger partial charge in [0.2, 0.25) is 0 Å². The Bertz CT molecular complexity index is 648. The van der Waals surface area contributed by atoms with E-state index in [1.807, 2.05) is 12.3 Å². The average molecular weight is 283 g/mol. The second-order valence-corrected chi connectivity index (χ2v) is 6.11. The molecule has 0 amide bonds. The summed E-state index contributed by atoms with van der Waals surface area (Å²) in [5, 5.41) is 12.4. The Morgan fingerprint density at radius 3 is 3.19 bits per heavy atom. The molecule has 2 atom stereocenters. The highest BCUT2D eigenvalue weighted by Gasteiger charge is 2.26. The first kappa shape index (κ1) is 13.0. The van der Waals surface area contributed by atoms with Gasteiger partial charge in [-0.3, -0.25) is 10.3 Å². The van der Waals surface area contributed by atoms with Crippen molar-refractivity contribution in [2.45, 2.75) is 57.7 Å². The number of pyridine rings is 1. The fraction of sp³-hybridized carbons (Fsp3) is 0.562. The van der Waals surface area contributed by atoms with Crippen LogP contribution < -0.4 is 5.32 Å². The Hall–Kier alpha value is -1.75. The molecule has 2 aromatic heterocycles. The molecule has 21 heavy (non-hydrogen) atoms. The Balaban J connectivity index is 1.56. The number of hydrogen-bond acceptors (Lipinski definition) is 4. The molecule has 3 heterocycles. The number of nitrogens with zero attached hydrogens (tertiary/aromatic N) is 4. The maximum atomic E-state index is 4.60. The van der Waals surface area contributed by atoms with Crippen LogP contribution in [0.4, 0.5) is 0 Å². The topological polar surface area (TPSA) is 55.6 Å². The van der Waals surface area contributed by atoms with Crippen LogP contribution in [0.5, 0.6) is 0 Å². The molecular formula is C16H21N5. The van der Waals surface area contributed by atoms with Crippen molar-refractivity contribution < 1.29 is 0 Å². The van der Waals surface area contributed by atoms with Crippen LogP contribution in [-0.2, 0) is 19.4 Å². The monoisotopic (exact) mass is 283 g/mol. The lowest BCUT2D eigenvalue weighted by Gasteiger charge is -2.27. The zero-order valence-electron chi connectivity index (χ0n) is 12.4. The van der Waals surface area contributed by atoms with Gasteiger partial charge >= 0.3 is 0 Å². The lowest BCUT2D eigenvalue weighted by atomic mass is 9.91. The molecule has 0 saturated heterocycles. The first-order chi connectivity index (χ1) is 10.3. The molecule has 2 unspecified atom stereocenters. The maximum absolute atomic E-state index is 4.60. The van der Waals surface area contributed by atoms with Gasteiger partial charge in [0.1, 0.15) is 11.6 Å². The predicted molar refractivity (Wildman–Crippen MR) is 79.8 cm³/mol. The summed E-state index contributed by atoms with van der Waals surface area (Å²) in [5.74, 6) is 2.21. The van der Waals surface area contributed by atoms with Crippen molar-refractivity contribution in [3.05, 3.63) is 41.2 Å². The summed E-state index contributed by atoms with van der Waals surface area (Å²) in [6, 6.07) is 4.78. The van der Waals surface area contributed by atoms with Gasteiger partial charge in [-0.1, -0.05) is 6.07 Å². The van der Waals surface area contributed by atoms with Gasteiger partial charge < -0.3 is 4.57 Å². The van der Waals surface area contributed by atoms with Crippen LogP contribution in [0.25, 0.3) is 0 Å². The van der Waals surface area contributed by atoms with E-state index in [4.69, 9.17) is 0 Å². The lowest BCUT2D eigenvalue weighted by molar-refractivity contribution is 0.390. The summed E-state index contributed by atoms with van der Waals surface area (Å²) < 4.78 is 2.28. The van der Waals surface area contributed by atoms with E-state index in [2.05, 4.69) is 38.1 Å². The van der Waals surface area contributed by atoms with E-state index in [0.717, 1.165) is 37.5 Å². The molecule has 2 aromatic rings. The molecule has 0 saturated carbocycles. The second kappa shape index (κ2) is 5.22. The highest BCUT2D eigenvalue weighted by atomic mass is 15.3. The molecule has 5 heteroatoms. The van der Waals surface area contributed by atoms with E-state index < -0.39 is 0 Å². The van der Waals surface area contributed by atoms with E-state index in [1.54, 1.807) is 0 Å². The normalized spacial score (nSPS) is 21.9. The summed E-state index contributed by atoms with van der Waals surface area (Å²) in [7, 11) is 0. The zero-order chi connectivity index (χ0) is 14.2. The largest absolute Gasteiger partial charge is 0.314 e. The van der Waals surface area contributed by atoms with Crippen molar-refractivity contribution in [3.8, 4) is 0 Å². The van der Waals surface area contributed by atoms with E-state index in [-0.39, 0.29) is 6.04 Å². The molecule has 0 spiro atoms. The minimum Gasteiger partial charge on any atom is -0.314 e. The molecular weight excluding hydrogens is 262 g/mol. The van der Waals surface area contributed by atoms with Gasteiger partial charge in [-0.2, -0.15) is 0 Å². The van der Waals surface area contributed by atoms with E-state index in [0.29, 0.717) is 6.04 Å². The van der Waals surface area contributed by atoms with Gasteiger partial charge in [0.15, 0.2) is 0 Å². The van der Waals surface area contributed by atoms with Crippen LogP contribution in [0.2, 0.25) is 0 Å². The van der Waals surface area contributed by atoms with Crippen molar-refractivity contribution in [1.29, 1.82) is 0 Å². The molecule has 0 bridgehead atoms. The Morgan fingerprint density at radius 2 is 2.24 bits per heavy atom. The standard InChI is InChI=1S/C16H21N5/c1-11(16-20-19-14-8-4-10-21(14)16)18-13-7-2-5-12-6-3-9-17-15(12)13/h3,6,9,11,13,18H,2,4-5,7-8,10H2,1H3. The zero-order valence-corrected chi connectivity index (χ0v) is 12.4. The van der Waals surface area contributed by atoms with E-state index >= 15 is 0 Å². The Labute approximate surface area is 124 Å². The quantitative estimate of drug-likeness (QED) is 0.939. The van der Waals surface area contributed by atoms with Crippen molar-refractivity contribution in [3.63, 3.8) is 0 Å². The fourth-order valence-corrected chi connectivity index (χ4v) is 3.64.